The number of methoxy groups -OCH3 is 3. The second-order valence-corrected chi connectivity index (χ2v) is 9.73. The van der Waals surface area contributed by atoms with Crippen LogP contribution in [0.3, 0.4) is 0 Å². The van der Waals surface area contributed by atoms with Gasteiger partial charge >= 0.3 is 5.97 Å². The number of carbonyl (C=O) groups excluding carboxylic acids is 1. The quantitative estimate of drug-likeness (QED) is 0.272. The summed E-state index contributed by atoms with van der Waals surface area (Å²) in [5.74, 6) is 1.30. The van der Waals surface area contributed by atoms with E-state index in [0.29, 0.717) is 43.3 Å². The number of esters is 1. The zero-order valence-electron chi connectivity index (χ0n) is 23.3. The number of fused-ring (bicyclic) bond motifs is 1. The number of para-hydroxylation sites is 1. The molecule has 0 bridgehead atoms. The Morgan fingerprint density at radius 2 is 1.55 bits per heavy atom. The van der Waals surface area contributed by atoms with Gasteiger partial charge in [0.15, 0.2) is 11.5 Å². The summed E-state index contributed by atoms with van der Waals surface area (Å²) in [7, 11) is 4.74. The summed E-state index contributed by atoms with van der Waals surface area (Å²) in [5, 5.41) is 9.18. The third kappa shape index (κ3) is 5.06. The number of anilines is 1. The van der Waals surface area contributed by atoms with Crippen molar-refractivity contribution in [2.24, 2.45) is 0 Å². The van der Waals surface area contributed by atoms with Crippen molar-refractivity contribution in [3.63, 3.8) is 0 Å². The van der Waals surface area contributed by atoms with Crippen LogP contribution in [0.2, 0.25) is 0 Å². The molecule has 3 aromatic carbocycles. The number of benzene rings is 3. The minimum atomic E-state index is -1.05. The summed E-state index contributed by atoms with van der Waals surface area (Å²) >= 11 is 0. The van der Waals surface area contributed by atoms with Crippen LogP contribution in [0.15, 0.2) is 72.8 Å². The van der Waals surface area contributed by atoms with Gasteiger partial charge in [0, 0.05) is 12.2 Å². The molecule has 208 valence electrons. The first-order chi connectivity index (χ1) is 19.5. The molecule has 9 nitrogen and oxygen atoms in total. The molecule has 0 fully saturated rings. The Morgan fingerprint density at radius 1 is 0.900 bits per heavy atom. The lowest BCUT2D eigenvalue weighted by molar-refractivity contribution is -0.150. The lowest BCUT2D eigenvalue weighted by atomic mass is 9.74. The Balaban J connectivity index is 1.66. The molecule has 1 unspecified atom stereocenters. The van der Waals surface area contributed by atoms with Crippen LogP contribution in [0.25, 0.3) is 0 Å². The summed E-state index contributed by atoms with van der Waals surface area (Å²) < 4.78 is 24.2. The van der Waals surface area contributed by atoms with Crippen LogP contribution in [0.1, 0.15) is 29.4 Å². The summed E-state index contributed by atoms with van der Waals surface area (Å²) in [4.78, 5) is 16.3. The van der Waals surface area contributed by atoms with Gasteiger partial charge in [0.1, 0.15) is 11.1 Å². The van der Waals surface area contributed by atoms with Crippen molar-refractivity contribution in [2.45, 2.75) is 31.8 Å². The van der Waals surface area contributed by atoms with Crippen molar-refractivity contribution in [2.75, 3.05) is 39.4 Å². The molecule has 0 amide bonds. The van der Waals surface area contributed by atoms with E-state index in [0.717, 1.165) is 28.2 Å². The van der Waals surface area contributed by atoms with Gasteiger partial charge in [-0.25, -0.2) is 4.68 Å². The number of rotatable bonds is 10. The van der Waals surface area contributed by atoms with Crippen molar-refractivity contribution in [3.8, 4) is 17.2 Å². The van der Waals surface area contributed by atoms with Crippen molar-refractivity contribution in [1.82, 2.24) is 15.0 Å². The molecule has 0 spiro atoms. The van der Waals surface area contributed by atoms with Crippen LogP contribution < -0.4 is 19.1 Å². The van der Waals surface area contributed by atoms with Crippen LogP contribution in [-0.4, -0.2) is 55.4 Å². The Labute approximate surface area is 234 Å². The average Bonchev–Trinajstić information content (AvgIpc) is 3.40. The smallest absolute Gasteiger partial charge is 0.320 e. The van der Waals surface area contributed by atoms with E-state index in [1.807, 2.05) is 84.4 Å². The van der Waals surface area contributed by atoms with Crippen LogP contribution in [0.5, 0.6) is 17.2 Å². The molecule has 1 atom stereocenters. The monoisotopic (exact) mass is 542 g/mol. The van der Waals surface area contributed by atoms with Gasteiger partial charge in [-0.05, 0) is 48.7 Å². The number of ether oxygens (including phenoxy) is 4. The predicted molar refractivity (Wildman–Crippen MR) is 151 cm³/mol. The molecule has 1 aliphatic rings. The van der Waals surface area contributed by atoms with Gasteiger partial charge in [0.25, 0.3) is 0 Å². The topological polar surface area (TPSA) is 87.9 Å². The molecule has 0 saturated carbocycles. The first-order valence-electron chi connectivity index (χ1n) is 13.3. The van der Waals surface area contributed by atoms with Crippen molar-refractivity contribution in [3.05, 3.63) is 95.3 Å². The molecule has 4 aromatic rings. The first-order valence-corrected chi connectivity index (χ1v) is 13.3. The van der Waals surface area contributed by atoms with Gasteiger partial charge < -0.3 is 23.8 Å². The van der Waals surface area contributed by atoms with Gasteiger partial charge in [0.05, 0.1) is 46.7 Å². The molecule has 0 radical (unpaired) electrons. The SMILES string of the molecule is CCOC(=O)C1(Cc2ccccc2)CN(c2ccccc2)Cc2nnn(Cc3cc(OC)c(OC)c(OC)c3)c21. The van der Waals surface area contributed by atoms with Crippen LogP contribution >= 0.6 is 0 Å². The van der Waals surface area contributed by atoms with Gasteiger partial charge in [-0.1, -0.05) is 53.7 Å². The fourth-order valence-electron chi connectivity index (χ4n) is 5.53. The highest BCUT2D eigenvalue weighted by Gasteiger charge is 2.51. The van der Waals surface area contributed by atoms with Gasteiger partial charge in [-0.2, -0.15) is 0 Å². The molecule has 1 aromatic heterocycles. The van der Waals surface area contributed by atoms with Gasteiger partial charge in [0.2, 0.25) is 5.75 Å². The number of aromatic nitrogens is 3. The third-order valence-electron chi connectivity index (χ3n) is 7.25. The summed E-state index contributed by atoms with van der Waals surface area (Å²) in [6, 6.07) is 23.9. The van der Waals surface area contributed by atoms with E-state index in [4.69, 9.17) is 18.9 Å². The van der Waals surface area contributed by atoms with Crippen LogP contribution in [-0.2, 0) is 34.5 Å². The van der Waals surface area contributed by atoms with Crippen LogP contribution in [0.4, 0.5) is 5.69 Å². The maximum absolute atomic E-state index is 14.1. The molecular formula is C31H34N4O5. The van der Waals surface area contributed by atoms with Crippen molar-refractivity contribution in [1.29, 1.82) is 0 Å². The van der Waals surface area contributed by atoms with E-state index < -0.39 is 5.41 Å². The molecule has 0 aliphatic carbocycles. The average molecular weight is 543 g/mol. The van der Waals surface area contributed by atoms with E-state index in [1.54, 1.807) is 21.3 Å². The predicted octanol–water partition coefficient (Wildman–Crippen LogP) is 4.42. The minimum absolute atomic E-state index is 0.268. The Kier molecular flexibility index (Phi) is 7.91. The number of hydrogen-bond donors (Lipinski definition) is 0. The van der Waals surface area contributed by atoms with E-state index in [9.17, 15) is 4.79 Å². The maximum atomic E-state index is 14.1. The van der Waals surface area contributed by atoms with E-state index in [-0.39, 0.29) is 12.6 Å². The van der Waals surface area contributed by atoms with Gasteiger partial charge in [-0.3, -0.25) is 4.79 Å². The number of hydrogen-bond acceptors (Lipinski definition) is 8. The lowest BCUT2D eigenvalue weighted by Gasteiger charge is -2.41. The van der Waals surface area contributed by atoms with Gasteiger partial charge in [-0.15, -0.1) is 5.10 Å². The van der Waals surface area contributed by atoms with Crippen LogP contribution in [0, 0.1) is 0 Å². The van der Waals surface area contributed by atoms with E-state index in [1.165, 1.54) is 0 Å². The largest absolute Gasteiger partial charge is 0.493 e. The zero-order chi connectivity index (χ0) is 28.1. The number of nitrogens with zero attached hydrogens (tertiary/aromatic N) is 4. The molecule has 0 saturated heterocycles. The second kappa shape index (κ2) is 11.7. The molecule has 0 N–H and O–H groups in total. The highest BCUT2D eigenvalue weighted by atomic mass is 16.5. The third-order valence-corrected chi connectivity index (χ3v) is 7.25. The molecule has 1 aliphatic heterocycles. The fourth-order valence-corrected chi connectivity index (χ4v) is 5.53. The Morgan fingerprint density at radius 3 is 2.15 bits per heavy atom. The minimum Gasteiger partial charge on any atom is -0.493 e. The zero-order valence-corrected chi connectivity index (χ0v) is 23.3. The van der Waals surface area contributed by atoms with Crippen molar-refractivity contribution < 1.29 is 23.7 Å². The lowest BCUT2D eigenvalue weighted by Crippen LogP contribution is -2.54. The highest BCUT2D eigenvalue weighted by molar-refractivity contribution is 5.85. The summed E-state index contributed by atoms with van der Waals surface area (Å²) in [6.07, 6.45) is 0.436. The maximum Gasteiger partial charge on any atom is 0.320 e. The standard InChI is InChI=1S/C31H34N4O5/c1-5-40-30(36)31(18-22-12-8-6-9-13-22)21-34(24-14-10-7-11-15-24)20-25-29(31)35(33-32-25)19-23-16-26(37-2)28(39-4)27(17-23)38-3/h6-17H,5,18-21H2,1-4H3. The highest BCUT2D eigenvalue weighted by Crippen LogP contribution is 2.41. The van der Waals surface area contributed by atoms with E-state index in [2.05, 4.69) is 15.2 Å². The summed E-state index contributed by atoms with van der Waals surface area (Å²) in [6.45, 7) is 3.38. The molecule has 9 heteroatoms. The fraction of sp³-hybridized carbons (Fsp3) is 0.323. The normalized spacial score (nSPS) is 16.2. The Hall–Kier alpha value is -4.53. The second-order valence-electron chi connectivity index (χ2n) is 9.73. The molecule has 2 heterocycles. The summed E-state index contributed by atoms with van der Waals surface area (Å²) in [5.41, 5.74) is 3.35. The molecule has 5 rings (SSSR count). The molecular weight excluding hydrogens is 508 g/mol. The van der Waals surface area contributed by atoms with E-state index >= 15 is 0 Å². The first kappa shape index (κ1) is 27.1. The molecule has 40 heavy (non-hydrogen) atoms. The van der Waals surface area contributed by atoms with Crippen molar-refractivity contribution >= 4 is 11.7 Å². The Bertz CT molecular complexity index is 1430. The number of carbonyl (C=O) groups is 1.